The molecule has 1 aliphatic rings. The molecule has 8 nitrogen and oxygen atoms in total. The van der Waals surface area contributed by atoms with E-state index in [0.29, 0.717) is 29.1 Å². The highest BCUT2D eigenvalue weighted by Gasteiger charge is 2.26. The van der Waals surface area contributed by atoms with Crippen molar-refractivity contribution in [3.8, 4) is 16.9 Å². The van der Waals surface area contributed by atoms with Crippen LogP contribution in [0.25, 0.3) is 16.7 Å². The van der Waals surface area contributed by atoms with Crippen LogP contribution in [-0.4, -0.2) is 41.8 Å². The van der Waals surface area contributed by atoms with Crippen LogP contribution >= 0.6 is 11.8 Å². The van der Waals surface area contributed by atoms with Gasteiger partial charge in [0.15, 0.2) is 5.75 Å². The van der Waals surface area contributed by atoms with Gasteiger partial charge >= 0.3 is 0 Å². The Kier molecular flexibility index (Phi) is 8.78. The highest BCUT2D eigenvalue weighted by Crippen LogP contribution is 2.43. The highest BCUT2D eigenvalue weighted by molar-refractivity contribution is 7.99. The Labute approximate surface area is 249 Å². The van der Waals surface area contributed by atoms with Gasteiger partial charge in [-0.1, -0.05) is 60.3 Å². The summed E-state index contributed by atoms with van der Waals surface area (Å²) < 4.78 is 0. The molecule has 0 bridgehead atoms. The molecule has 0 unspecified atom stereocenters. The first-order chi connectivity index (χ1) is 20.4. The monoisotopic (exact) mass is 579 g/mol. The summed E-state index contributed by atoms with van der Waals surface area (Å²) in [6.07, 6.45) is 4.94. The minimum absolute atomic E-state index is 0.0754. The Bertz CT molecular complexity index is 1690. The Morgan fingerprint density at radius 1 is 1.10 bits per heavy atom. The molecular weight excluding hydrogens is 546 g/mol. The summed E-state index contributed by atoms with van der Waals surface area (Å²) in [5.41, 5.74) is 9.92. The van der Waals surface area contributed by atoms with Crippen LogP contribution in [0, 0.1) is 0 Å². The molecule has 214 valence electrons. The zero-order valence-electron chi connectivity index (χ0n) is 23.5. The van der Waals surface area contributed by atoms with Crippen LogP contribution in [0.5, 0.6) is 5.75 Å². The number of pyridine rings is 1. The fraction of sp³-hybridized carbons (Fsp3) is 0.182. The van der Waals surface area contributed by atoms with Crippen molar-refractivity contribution >= 4 is 40.8 Å². The number of carbonyl (C=O) groups excluding carboxylic acids is 1. The number of aromatic nitrogens is 1. The maximum Gasteiger partial charge on any atom is 0.266 e. The number of aliphatic imine (C=N–C) groups is 1. The summed E-state index contributed by atoms with van der Waals surface area (Å²) in [5.74, 6) is -0.229. The smallest absolute Gasteiger partial charge is 0.266 e. The SMILES string of the molecule is CCN(c1ccccc1)c1c(C(C=NC)=CN)[nH]c(=O)c(Sc2ccc(-c3ccccc3C(=O)NC3CC3)cc2)c1O. The van der Waals surface area contributed by atoms with Gasteiger partial charge in [-0.3, -0.25) is 14.6 Å². The lowest BCUT2D eigenvalue weighted by Gasteiger charge is -2.27. The number of para-hydroxylation sites is 1. The first-order valence-electron chi connectivity index (χ1n) is 13.8. The molecule has 1 heterocycles. The van der Waals surface area contributed by atoms with Crippen molar-refractivity contribution in [3.63, 3.8) is 0 Å². The van der Waals surface area contributed by atoms with E-state index >= 15 is 0 Å². The third kappa shape index (κ3) is 6.11. The van der Waals surface area contributed by atoms with Crippen LogP contribution in [0.4, 0.5) is 11.4 Å². The van der Waals surface area contributed by atoms with Crippen molar-refractivity contribution in [2.45, 2.75) is 35.6 Å². The van der Waals surface area contributed by atoms with Crippen molar-refractivity contribution in [2.75, 3.05) is 18.5 Å². The highest BCUT2D eigenvalue weighted by atomic mass is 32.2. The zero-order valence-corrected chi connectivity index (χ0v) is 24.3. The van der Waals surface area contributed by atoms with Gasteiger partial charge in [0.1, 0.15) is 10.6 Å². The maximum absolute atomic E-state index is 13.4. The third-order valence-corrected chi connectivity index (χ3v) is 8.07. The Balaban J connectivity index is 1.52. The van der Waals surface area contributed by atoms with Gasteiger partial charge in [-0.15, -0.1) is 0 Å². The number of carbonyl (C=O) groups is 1. The van der Waals surface area contributed by atoms with Crippen molar-refractivity contribution in [3.05, 3.63) is 107 Å². The molecule has 1 saturated carbocycles. The largest absolute Gasteiger partial charge is 0.504 e. The van der Waals surface area contributed by atoms with E-state index in [-0.39, 0.29) is 22.6 Å². The van der Waals surface area contributed by atoms with Gasteiger partial charge in [-0.2, -0.15) is 0 Å². The van der Waals surface area contributed by atoms with Crippen molar-refractivity contribution in [2.24, 2.45) is 10.7 Å². The van der Waals surface area contributed by atoms with Crippen molar-refractivity contribution in [1.82, 2.24) is 10.3 Å². The number of hydrogen-bond donors (Lipinski definition) is 4. The fourth-order valence-electron chi connectivity index (χ4n) is 4.78. The Morgan fingerprint density at radius 2 is 1.79 bits per heavy atom. The molecule has 1 fully saturated rings. The van der Waals surface area contributed by atoms with Crippen LogP contribution in [0.3, 0.4) is 0 Å². The second-order valence-corrected chi connectivity index (χ2v) is 10.9. The quantitative estimate of drug-likeness (QED) is 0.172. The minimum Gasteiger partial charge on any atom is -0.504 e. The molecule has 1 aromatic heterocycles. The minimum atomic E-state index is -0.449. The molecule has 9 heteroatoms. The number of nitrogens with zero attached hydrogens (tertiary/aromatic N) is 2. The molecule has 1 aliphatic carbocycles. The number of aromatic amines is 1. The zero-order chi connectivity index (χ0) is 29.6. The topological polar surface area (TPSA) is 124 Å². The second kappa shape index (κ2) is 12.8. The lowest BCUT2D eigenvalue weighted by Crippen LogP contribution is -2.25. The molecule has 1 amide bonds. The van der Waals surface area contributed by atoms with E-state index in [2.05, 4.69) is 15.3 Å². The first-order valence-corrected chi connectivity index (χ1v) is 14.6. The molecule has 0 spiro atoms. The van der Waals surface area contributed by atoms with Crippen molar-refractivity contribution in [1.29, 1.82) is 0 Å². The van der Waals surface area contributed by atoms with Crippen LogP contribution in [0.1, 0.15) is 35.8 Å². The van der Waals surface area contributed by atoms with Gasteiger partial charge in [-0.05, 0) is 61.2 Å². The summed E-state index contributed by atoms with van der Waals surface area (Å²) in [4.78, 5) is 36.0. The summed E-state index contributed by atoms with van der Waals surface area (Å²) in [6, 6.07) is 25.0. The van der Waals surface area contributed by atoms with Crippen molar-refractivity contribution < 1.29 is 9.90 Å². The fourth-order valence-corrected chi connectivity index (χ4v) is 5.63. The summed E-state index contributed by atoms with van der Waals surface area (Å²) in [7, 11) is 1.61. The van der Waals surface area contributed by atoms with Gasteiger partial charge in [0, 0.05) is 53.8 Å². The third-order valence-electron chi connectivity index (χ3n) is 6.98. The van der Waals surface area contributed by atoms with E-state index in [9.17, 15) is 14.7 Å². The number of rotatable bonds is 10. The second-order valence-electron chi connectivity index (χ2n) is 9.86. The standard InChI is InChI=1S/C33H33N5O3S/c1-3-38(24-9-5-4-6-10-24)29-28(22(19-34)20-35-2)37-33(41)31(30(29)39)42-25-17-13-21(14-18-25)26-11-7-8-12-27(26)32(40)36-23-15-16-23/h4-14,17-20,23H,3,15-16,34H2,1-2H3,(H,36,40)(H2,37,39,41). The number of nitrogens with one attached hydrogen (secondary N) is 2. The van der Waals surface area contributed by atoms with Crippen LogP contribution < -0.4 is 21.5 Å². The van der Waals surface area contributed by atoms with Gasteiger partial charge in [-0.25, -0.2) is 0 Å². The van der Waals surface area contributed by atoms with Gasteiger partial charge in [0.2, 0.25) is 0 Å². The summed E-state index contributed by atoms with van der Waals surface area (Å²) in [5, 5.41) is 14.7. The molecule has 0 aliphatic heterocycles. The number of nitrogens with two attached hydrogens (primary N) is 1. The number of hydrogen-bond acceptors (Lipinski definition) is 7. The number of allylic oxidation sites excluding steroid dienone is 1. The molecular formula is C33H33N5O3S. The normalized spacial score (nSPS) is 13.3. The number of amides is 1. The number of H-pyrrole nitrogens is 1. The Morgan fingerprint density at radius 3 is 2.43 bits per heavy atom. The molecule has 0 radical (unpaired) electrons. The molecule has 5 N–H and O–H groups in total. The number of benzene rings is 3. The van der Waals surface area contributed by atoms with E-state index in [1.165, 1.54) is 18.0 Å². The van der Waals surface area contributed by atoms with Crippen LogP contribution in [0.2, 0.25) is 0 Å². The molecule has 5 rings (SSSR count). The van der Waals surface area contributed by atoms with Gasteiger partial charge < -0.3 is 26.0 Å². The first kappa shape index (κ1) is 28.8. The molecule has 4 aromatic rings. The van der Waals surface area contributed by atoms with Gasteiger partial charge in [0.25, 0.3) is 11.5 Å². The molecule has 0 saturated heterocycles. The number of aromatic hydroxyl groups is 1. The van der Waals surface area contributed by atoms with E-state index in [4.69, 9.17) is 5.73 Å². The van der Waals surface area contributed by atoms with E-state index in [1.807, 2.05) is 90.7 Å². The predicted octanol–water partition coefficient (Wildman–Crippen LogP) is 5.95. The van der Waals surface area contributed by atoms with Gasteiger partial charge in [0.05, 0.1) is 5.69 Å². The number of anilines is 2. The average Bonchev–Trinajstić information content (AvgIpc) is 3.84. The van der Waals surface area contributed by atoms with Crippen LogP contribution in [-0.2, 0) is 0 Å². The average molecular weight is 580 g/mol. The molecule has 42 heavy (non-hydrogen) atoms. The molecule has 0 atom stereocenters. The maximum atomic E-state index is 13.4. The predicted molar refractivity (Wildman–Crippen MR) is 171 cm³/mol. The Hall–Kier alpha value is -4.76. The van der Waals surface area contributed by atoms with E-state index in [0.717, 1.165) is 34.6 Å². The lowest BCUT2D eigenvalue weighted by molar-refractivity contribution is 0.0951. The molecule has 3 aromatic carbocycles. The lowest BCUT2D eigenvalue weighted by atomic mass is 9.99. The van der Waals surface area contributed by atoms with E-state index in [1.54, 1.807) is 13.3 Å². The van der Waals surface area contributed by atoms with Crippen LogP contribution in [0.15, 0.2) is 105 Å². The summed E-state index contributed by atoms with van der Waals surface area (Å²) >= 11 is 1.17. The summed E-state index contributed by atoms with van der Waals surface area (Å²) in [6.45, 7) is 2.49. The van der Waals surface area contributed by atoms with E-state index < -0.39 is 5.56 Å².